The predicted molar refractivity (Wildman–Crippen MR) is 174 cm³/mol. The second-order valence-electron chi connectivity index (χ2n) is 13.3. The Morgan fingerprint density at radius 1 is 1.13 bits per heavy atom. The largest absolute Gasteiger partial charge is 0.508 e. The molecule has 2 unspecified atom stereocenters. The van der Waals surface area contributed by atoms with E-state index in [-0.39, 0.29) is 53.9 Å². The Bertz CT molecular complexity index is 1960. The Morgan fingerprint density at radius 3 is 2.72 bits per heavy atom. The fourth-order valence-electron chi connectivity index (χ4n) is 8.51. The van der Waals surface area contributed by atoms with Gasteiger partial charge in [-0.3, -0.25) is 9.69 Å². The standard InChI is InChI=1S/C35H33ClF2N6O3/c36-28-4-1-3-20-13-24(45)14-27(30(20)28)25-7-8-26-32(31(25)38)40-34(47-19-35-10-2-12-43(35)16-21(37)15-35)41-33(26)42-17-22-5-6-23(18-42)44(22)29(46)9-11-39/h1,3-4,7-8,13-14,21-23,45H,2,5-6,9-10,12,15-19H2/t21-,22?,23?,35+/m1/s1. The molecule has 1 aromatic heterocycles. The number of rotatable bonds is 6. The van der Waals surface area contributed by atoms with Crippen molar-refractivity contribution in [1.29, 1.82) is 5.26 Å². The summed E-state index contributed by atoms with van der Waals surface area (Å²) in [7, 11) is 0. The molecular weight excluding hydrogens is 626 g/mol. The Morgan fingerprint density at radius 2 is 1.94 bits per heavy atom. The number of aromatic hydroxyl groups is 1. The lowest BCUT2D eigenvalue weighted by atomic mass is 9.95. The summed E-state index contributed by atoms with van der Waals surface area (Å²) in [5, 5.41) is 21.9. The maximum atomic E-state index is 16.9. The monoisotopic (exact) mass is 658 g/mol. The van der Waals surface area contributed by atoms with Crippen LogP contribution in [0, 0.1) is 17.1 Å². The van der Waals surface area contributed by atoms with E-state index in [0.29, 0.717) is 58.6 Å². The second-order valence-corrected chi connectivity index (χ2v) is 13.7. The van der Waals surface area contributed by atoms with Gasteiger partial charge < -0.3 is 19.6 Å². The molecule has 4 aromatic rings. The van der Waals surface area contributed by atoms with E-state index in [2.05, 4.69) is 14.8 Å². The number of nitrogens with zero attached hydrogens (tertiary/aromatic N) is 6. The van der Waals surface area contributed by atoms with Gasteiger partial charge in [-0.05, 0) is 67.4 Å². The lowest BCUT2D eigenvalue weighted by Crippen LogP contribution is -2.56. The van der Waals surface area contributed by atoms with Crippen LogP contribution in [0.1, 0.15) is 38.5 Å². The first kappa shape index (κ1) is 30.1. The maximum Gasteiger partial charge on any atom is 0.319 e. The van der Waals surface area contributed by atoms with Crippen molar-refractivity contribution >= 4 is 45.0 Å². The van der Waals surface area contributed by atoms with E-state index >= 15 is 4.39 Å². The smallest absolute Gasteiger partial charge is 0.319 e. The highest BCUT2D eigenvalue weighted by atomic mass is 35.5. The zero-order valence-corrected chi connectivity index (χ0v) is 26.4. The molecule has 4 saturated heterocycles. The van der Waals surface area contributed by atoms with Crippen molar-refractivity contribution in [2.24, 2.45) is 0 Å². The Kier molecular flexibility index (Phi) is 7.33. The van der Waals surface area contributed by atoms with Gasteiger partial charge in [-0.1, -0.05) is 29.8 Å². The first-order chi connectivity index (χ1) is 22.7. The van der Waals surface area contributed by atoms with Gasteiger partial charge in [0.05, 0.1) is 11.6 Å². The number of hydrogen-bond donors (Lipinski definition) is 1. The number of fused-ring (bicyclic) bond motifs is 5. The molecule has 1 N–H and O–H groups in total. The summed E-state index contributed by atoms with van der Waals surface area (Å²) >= 11 is 6.60. The van der Waals surface area contributed by atoms with Crippen LogP contribution in [0.25, 0.3) is 32.8 Å². The van der Waals surface area contributed by atoms with Gasteiger partial charge in [-0.2, -0.15) is 15.2 Å². The van der Waals surface area contributed by atoms with Crippen LogP contribution in [0.4, 0.5) is 14.6 Å². The van der Waals surface area contributed by atoms with Crippen molar-refractivity contribution in [2.75, 3.05) is 37.7 Å². The number of piperazine rings is 1. The molecule has 1 amide bonds. The highest BCUT2D eigenvalue weighted by Gasteiger charge is 2.49. The number of halogens is 3. The lowest BCUT2D eigenvalue weighted by Gasteiger charge is -2.41. The molecule has 0 radical (unpaired) electrons. The van der Waals surface area contributed by atoms with Gasteiger partial charge >= 0.3 is 6.01 Å². The average Bonchev–Trinajstić information content (AvgIpc) is 3.66. The number of anilines is 1. The molecule has 12 heteroatoms. The third-order valence-electron chi connectivity index (χ3n) is 10.5. The molecule has 0 aliphatic carbocycles. The van der Waals surface area contributed by atoms with Crippen LogP contribution in [-0.4, -0.2) is 87.4 Å². The summed E-state index contributed by atoms with van der Waals surface area (Å²) < 4.78 is 37.6. The van der Waals surface area contributed by atoms with Crippen molar-refractivity contribution in [2.45, 2.75) is 62.3 Å². The average molecular weight is 659 g/mol. The van der Waals surface area contributed by atoms with Gasteiger partial charge in [0.2, 0.25) is 5.91 Å². The number of nitriles is 1. The number of aromatic nitrogens is 2. The van der Waals surface area contributed by atoms with Crippen LogP contribution >= 0.6 is 11.6 Å². The highest BCUT2D eigenvalue weighted by Crippen LogP contribution is 2.43. The maximum absolute atomic E-state index is 16.9. The quantitative estimate of drug-likeness (QED) is 0.269. The van der Waals surface area contributed by atoms with Crippen molar-refractivity contribution < 1.29 is 23.4 Å². The molecule has 2 bridgehead atoms. The summed E-state index contributed by atoms with van der Waals surface area (Å²) in [5.41, 5.74) is 0.250. The topological polar surface area (TPSA) is 106 Å². The fraction of sp³-hybridized carbons (Fsp3) is 0.429. The summed E-state index contributed by atoms with van der Waals surface area (Å²) in [6.07, 6.45) is 2.65. The predicted octanol–water partition coefficient (Wildman–Crippen LogP) is 6.00. The van der Waals surface area contributed by atoms with Gasteiger partial charge in [0.15, 0.2) is 5.82 Å². The zero-order chi connectivity index (χ0) is 32.4. The minimum Gasteiger partial charge on any atom is -0.508 e. The van der Waals surface area contributed by atoms with Gasteiger partial charge in [0, 0.05) is 59.5 Å². The van der Waals surface area contributed by atoms with E-state index in [1.807, 2.05) is 17.0 Å². The number of phenolic OH excluding ortho intramolecular Hbond substituents is 1. The van der Waals surface area contributed by atoms with Crippen LogP contribution < -0.4 is 9.64 Å². The number of carbonyl (C=O) groups is 1. The number of phenols is 1. The Hall–Kier alpha value is -4.27. The summed E-state index contributed by atoms with van der Waals surface area (Å²) in [4.78, 5) is 28.3. The van der Waals surface area contributed by atoms with E-state index in [1.54, 1.807) is 30.3 Å². The zero-order valence-electron chi connectivity index (χ0n) is 25.6. The molecule has 9 nitrogen and oxygen atoms in total. The number of hydrogen-bond acceptors (Lipinski definition) is 8. The second kappa shape index (κ2) is 11.5. The number of benzene rings is 3. The van der Waals surface area contributed by atoms with E-state index < -0.39 is 17.5 Å². The molecule has 8 rings (SSSR count). The summed E-state index contributed by atoms with van der Waals surface area (Å²) in [6, 6.07) is 13.6. The fourth-order valence-corrected chi connectivity index (χ4v) is 8.79. The molecule has 5 heterocycles. The molecular formula is C35H33ClF2N6O3. The van der Waals surface area contributed by atoms with Crippen LogP contribution in [0.5, 0.6) is 11.8 Å². The van der Waals surface area contributed by atoms with E-state index in [1.165, 1.54) is 6.07 Å². The molecule has 4 aliphatic heterocycles. The van der Waals surface area contributed by atoms with Crippen molar-refractivity contribution in [3.8, 4) is 29.0 Å². The lowest BCUT2D eigenvalue weighted by molar-refractivity contribution is -0.133. The van der Waals surface area contributed by atoms with Crippen LogP contribution in [0.3, 0.4) is 0 Å². The number of alkyl halides is 1. The number of carbonyl (C=O) groups excluding carboxylic acids is 1. The normalized spacial score (nSPS) is 25.4. The molecule has 0 saturated carbocycles. The molecule has 3 aromatic carbocycles. The van der Waals surface area contributed by atoms with Gasteiger partial charge in [-0.25, -0.2) is 8.78 Å². The SMILES string of the molecule is N#CCC(=O)N1C2CCC1CN(c1nc(OC[C@@]34CCCN3C[C@H](F)C4)nc3c(F)c(-c4cc(O)cc5cccc(Cl)c45)ccc13)C2. The van der Waals surface area contributed by atoms with E-state index in [4.69, 9.17) is 26.6 Å². The third kappa shape index (κ3) is 5.00. The van der Waals surface area contributed by atoms with Crippen LogP contribution in [0.2, 0.25) is 5.02 Å². The summed E-state index contributed by atoms with van der Waals surface area (Å²) in [5.74, 6) is -0.316. The van der Waals surface area contributed by atoms with E-state index in [0.717, 1.165) is 32.2 Å². The van der Waals surface area contributed by atoms with Crippen LogP contribution in [0.15, 0.2) is 42.5 Å². The number of ether oxygens (including phenoxy) is 1. The molecule has 0 spiro atoms. The Labute approximate surface area is 275 Å². The first-order valence-electron chi connectivity index (χ1n) is 16.1. The molecule has 4 fully saturated rings. The van der Waals surface area contributed by atoms with Gasteiger partial charge in [-0.15, -0.1) is 0 Å². The molecule has 242 valence electrons. The van der Waals surface area contributed by atoms with Gasteiger partial charge in [0.25, 0.3) is 0 Å². The first-order valence-corrected chi connectivity index (χ1v) is 16.5. The number of amides is 1. The van der Waals surface area contributed by atoms with Crippen molar-refractivity contribution in [3.05, 3.63) is 53.3 Å². The molecule has 47 heavy (non-hydrogen) atoms. The minimum absolute atomic E-state index is 0.00113. The van der Waals surface area contributed by atoms with Gasteiger partial charge in [0.1, 0.15) is 36.3 Å². The van der Waals surface area contributed by atoms with Crippen LogP contribution in [-0.2, 0) is 4.79 Å². The minimum atomic E-state index is -0.925. The highest BCUT2D eigenvalue weighted by molar-refractivity contribution is 6.36. The molecule has 4 aliphatic rings. The van der Waals surface area contributed by atoms with Crippen molar-refractivity contribution in [3.63, 3.8) is 0 Å². The Balaban J connectivity index is 1.23. The van der Waals surface area contributed by atoms with E-state index in [9.17, 15) is 14.3 Å². The summed E-state index contributed by atoms with van der Waals surface area (Å²) in [6.45, 7) is 2.31. The van der Waals surface area contributed by atoms with Crippen molar-refractivity contribution in [1.82, 2.24) is 19.8 Å². The third-order valence-corrected chi connectivity index (χ3v) is 10.8. The molecule has 4 atom stereocenters.